The highest BCUT2D eigenvalue weighted by molar-refractivity contribution is 9.10. The van der Waals surface area contributed by atoms with E-state index in [-0.39, 0.29) is 24.3 Å². The van der Waals surface area contributed by atoms with Gasteiger partial charge in [-0.05, 0) is 76.1 Å². The third-order valence-electron chi connectivity index (χ3n) is 5.14. The number of benzene rings is 3. The van der Waals surface area contributed by atoms with Crippen LogP contribution in [0.25, 0.3) is 6.08 Å². The van der Waals surface area contributed by atoms with E-state index in [2.05, 4.69) is 15.9 Å². The molecule has 6 nitrogen and oxygen atoms in total. The number of carbonyl (C=O) groups excluding carboxylic acids is 2. The molecule has 0 unspecified atom stereocenters. The Morgan fingerprint density at radius 1 is 0.972 bits per heavy atom. The van der Waals surface area contributed by atoms with Crippen molar-refractivity contribution < 1.29 is 23.8 Å². The number of rotatable bonds is 10. The van der Waals surface area contributed by atoms with Crippen LogP contribution in [0.5, 0.6) is 17.2 Å². The molecule has 0 bridgehead atoms. The summed E-state index contributed by atoms with van der Waals surface area (Å²) >= 11 is 10.5. The third kappa shape index (κ3) is 6.43. The predicted molar refractivity (Wildman–Crippen MR) is 146 cm³/mol. The molecule has 3 aromatic rings. The zero-order chi connectivity index (χ0) is 25.5. The number of carbonyl (C=O) groups is 2. The summed E-state index contributed by atoms with van der Waals surface area (Å²) in [6, 6.07) is 20.5. The standard InChI is InChI=1S/C27H23BrClNO5S/c1-2-33-23-15-19(14-20(28)25(23)35-17-18-8-4-3-5-9-18)16-24-26(31)30(27(32)36-24)12-13-34-22-11-7-6-10-21(22)29/h3-11,14-16H,2,12-13,17H2,1H3/b24-16-. The fraction of sp³-hybridized carbons (Fsp3) is 0.185. The second-order valence-electron chi connectivity index (χ2n) is 7.65. The Bertz CT molecular complexity index is 1280. The highest BCUT2D eigenvalue weighted by Gasteiger charge is 2.35. The van der Waals surface area contributed by atoms with Gasteiger partial charge in [0, 0.05) is 0 Å². The zero-order valence-corrected chi connectivity index (χ0v) is 22.6. The summed E-state index contributed by atoms with van der Waals surface area (Å²) < 4.78 is 18.1. The summed E-state index contributed by atoms with van der Waals surface area (Å²) in [5, 5.41) is 0.124. The average Bonchev–Trinajstić information content (AvgIpc) is 3.13. The third-order valence-corrected chi connectivity index (χ3v) is 6.95. The van der Waals surface area contributed by atoms with Crippen LogP contribution < -0.4 is 14.2 Å². The monoisotopic (exact) mass is 587 g/mol. The number of ether oxygens (including phenoxy) is 3. The number of hydrogen-bond acceptors (Lipinski definition) is 6. The number of halogens is 2. The van der Waals surface area contributed by atoms with E-state index in [1.807, 2.05) is 43.3 Å². The molecule has 4 rings (SSSR count). The number of nitrogens with zero attached hydrogens (tertiary/aromatic N) is 1. The molecule has 1 saturated heterocycles. The van der Waals surface area contributed by atoms with Crippen LogP contribution in [0.4, 0.5) is 4.79 Å². The molecule has 0 atom stereocenters. The Hall–Kier alpha value is -2.94. The summed E-state index contributed by atoms with van der Waals surface area (Å²) in [5.74, 6) is 1.25. The quantitative estimate of drug-likeness (QED) is 0.234. The average molecular weight is 589 g/mol. The molecule has 0 spiro atoms. The lowest BCUT2D eigenvalue weighted by molar-refractivity contribution is -0.123. The summed E-state index contributed by atoms with van der Waals surface area (Å²) in [4.78, 5) is 26.9. The lowest BCUT2D eigenvalue weighted by Crippen LogP contribution is -2.32. The van der Waals surface area contributed by atoms with Gasteiger partial charge in [-0.1, -0.05) is 54.1 Å². The van der Waals surface area contributed by atoms with Gasteiger partial charge in [0.2, 0.25) is 0 Å². The molecular weight excluding hydrogens is 566 g/mol. The summed E-state index contributed by atoms with van der Waals surface area (Å²) in [6.07, 6.45) is 1.67. The molecule has 1 fully saturated rings. The van der Waals surface area contributed by atoms with Crippen LogP contribution in [0.1, 0.15) is 18.1 Å². The van der Waals surface area contributed by atoms with Gasteiger partial charge < -0.3 is 14.2 Å². The molecule has 0 aliphatic carbocycles. The first-order valence-corrected chi connectivity index (χ1v) is 13.2. The van der Waals surface area contributed by atoms with E-state index >= 15 is 0 Å². The minimum Gasteiger partial charge on any atom is -0.490 e. The molecule has 1 aliphatic heterocycles. The van der Waals surface area contributed by atoms with Crippen molar-refractivity contribution in [3.05, 3.63) is 92.3 Å². The highest BCUT2D eigenvalue weighted by Crippen LogP contribution is 2.39. The van der Waals surface area contributed by atoms with E-state index < -0.39 is 0 Å². The molecule has 36 heavy (non-hydrogen) atoms. The van der Waals surface area contributed by atoms with Crippen molar-refractivity contribution in [2.24, 2.45) is 0 Å². The number of amides is 2. The molecule has 186 valence electrons. The van der Waals surface area contributed by atoms with E-state index in [9.17, 15) is 9.59 Å². The van der Waals surface area contributed by atoms with Crippen LogP contribution >= 0.6 is 39.3 Å². The van der Waals surface area contributed by atoms with Crippen molar-refractivity contribution in [3.8, 4) is 17.2 Å². The summed E-state index contributed by atoms with van der Waals surface area (Å²) in [6.45, 7) is 2.97. The fourth-order valence-electron chi connectivity index (χ4n) is 3.46. The van der Waals surface area contributed by atoms with Crippen LogP contribution in [-0.2, 0) is 11.4 Å². The molecule has 0 radical (unpaired) electrons. The van der Waals surface area contributed by atoms with Crippen molar-refractivity contribution >= 4 is 56.5 Å². The van der Waals surface area contributed by atoms with Crippen molar-refractivity contribution in [1.29, 1.82) is 0 Å². The summed E-state index contributed by atoms with van der Waals surface area (Å²) in [5.41, 5.74) is 1.73. The molecular formula is C27H23BrClNO5S. The molecule has 0 N–H and O–H groups in total. The Balaban J connectivity index is 1.46. The van der Waals surface area contributed by atoms with Crippen LogP contribution in [-0.4, -0.2) is 35.8 Å². The molecule has 1 heterocycles. The van der Waals surface area contributed by atoms with Gasteiger partial charge in [0.25, 0.3) is 11.1 Å². The molecule has 3 aromatic carbocycles. The number of thioether (sulfide) groups is 1. The first kappa shape index (κ1) is 26.1. The van der Waals surface area contributed by atoms with Crippen molar-refractivity contribution in [3.63, 3.8) is 0 Å². The topological polar surface area (TPSA) is 65.1 Å². The van der Waals surface area contributed by atoms with Gasteiger partial charge in [-0.2, -0.15) is 0 Å². The van der Waals surface area contributed by atoms with E-state index in [1.54, 1.807) is 36.4 Å². The van der Waals surface area contributed by atoms with Gasteiger partial charge >= 0.3 is 0 Å². The molecule has 0 aromatic heterocycles. The van der Waals surface area contributed by atoms with Crippen molar-refractivity contribution in [2.75, 3.05) is 19.8 Å². The van der Waals surface area contributed by atoms with Crippen molar-refractivity contribution in [1.82, 2.24) is 4.90 Å². The van der Waals surface area contributed by atoms with Crippen molar-refractivity contribution in [2.45, 2.75) is 13.5 Å². The van der Waals surface area contributed by atoms with Gasteiger partial charge in [-0.15, -0.1) is 0 Å². The van der Waals surface area contributed by atoms with E-state index in [1.165, 1.54) is 4.90 Å². The minimum atomic E-state index is -0.369. The fourth-order valence-corrected chi connectivity index (χ4v) is 5.09. The zero-order valence-electron chi connectivity index (χ0n) is 19.4. The summed E-state index contributed by atoms with van der Waals surface area (Å²) in [7, 11) is 0. The lowest BCUT2D eigenvalue weighted by atomic mass is 10.1. The van der Waals surface area contributed by atoms with Gasteiger partial charge in [0.15, 0.2) is 11.5 Å². The number of hydrogen-bond donors (Lipinski definition) is 0. The molecule has 2 amide bonds. The maximum atomic E-state index is 12.9. The van der Waals surface area contributed by atoms with Gasteiger partial charge in [-0.3, -0.25) is 14.5 Å². The number of imide groups is 1. The Labute approximate surface area is 227 Å². The molecule has 9 heteroatoms. The first-order valence-electron chi connectivity index (χ1n) is 11.2. The minimum absolute atomic E-state index is 0.118. The van der Waals surface area contributed by atoms with E-state index in [4.69, 9.17) is 25.8 Å². The maximum absolute atomic E-state index is 12.9. The van der Waals surface area contributed by atoms with Crippen LogP contribution in [0.2, 0.25) is 5.02 Å². The Morgan fingerprint density at radius 3 is 2.47 bits per heavy atom. The van der Waals surface area contributed by atoms with Gasteiger partial charge in [0.05, 0.1) is 27.6 Å². The Morgan fingerprint density at radius 2 is 1.72 bits per heavy atom. The highest BCUT2D eigenvalue weighted by atomic mass is 79.9. The maximum Gasteiger partial charge on any atom is 0.293 e. The number of para-hydroxylation sites is 1. The molecule has 0 saturated carbocycles. The SMILES string of the molecule is CCOc1cc(/C=C2\SC(=O)N(CCOc3ccccc3Cl)C2=O)cc(Br)c1OCc1ccccc1. The lowest BCUT2D eigenvalue weighted by Gasteiger charge is -2.15. The van der Waals surface area contributed by atoms with E-state index in [0.29, 0.717) is 50.4 Å². The second-order valence-corrected chi connectivity index (χ2v) is 9.90. The van der Waals surface area contributed by atoms with E-state index in [0.717, 1.165) is 17.3 Å². The first-order chi connectivity index (χ1) is 17.5. The van der Waals surface area contributed by atoms with Crippen LogP contribution in [0.15, 0.2) is 76.1 Å². The normalized spacial score (nSPS) is 14.4. The van der Waals surface area contributed by atoms with Crippen LogP contribution in [0, 0.1) is 0 Å². The second kappa shape index (κ2) is 12.3. The van der Waals surface area contributed by atoms with Gasteiger partial charge in [-0.25, -0.2) is 0 Å². The van der Waals surface area contributed by atoms with Crippen LogP contribution in [0.3, 0.4) is 0 Å². The predicted octanol–water partition coefficient (Wildman–Crippen LogP) is 7.20. The molecule has 1 aliphatic rings. The smallest absolute Gasteiger partial charge is 0.293 e. The van der Waals surface area contributed by atoms with Gasteiger partial charge in [0.1, 0.15) is 19.0 Å². The Kier molecular flexibility index (Phi) is 8.96. The largest absolute Gasteiger partial charge is 0.490 e.